The van der Waals surface area contributed by atoms with Gasteiger partial charge in [-0.15, -0.1) is 0 Å². The number of benzene rings is 2. The van der Waals surface area contributed by atoms with Crippen LogP contribution in [0.4, 0.5) is 0 Å². The zero-order chi connectivity index (χ0) is 18.1. The fourth-order valence-corrected chi connectivity index (χ4v) is 4.02. The SMILES string of the molecule is CNC(=O)c1ccc(S(=O)(=O)NCC2(c3ccc(Cl)cc3)CC2)cc1. The van der Waals surface area contributed by atoms with Crippen LogP contribution in [0, 0.1) is 0 Å². The summed E-state index contributed by atoms with van der Waals surface area (Å²) in [6.45, 7) is 0.341. The van der Waals surface area contributed by atoms with E-state index in [9.17, 15) is 13.2 Å². The van der Waals surface area contributed by atoms with Crippen LogP contribution < -0.4 is 10.0 Å². The molecule has 1 saturated carbocycles. The lowest BCUT2D eigenvalue weighted by Gasteiger charge is -2.17. The van der Waals surface area contributed by atoms with Gasteiger partial charge in [-0.2, -0.15) is 0 Å². The summed E-state index contributed by atoms with van der Waals surface area (Å²) in [6.07, 6.45) is 1.87. The lowest BCUT2D eigenvalue weighted by molar-refractivity contribution is 0.0963. The highest BCUT2D eigenvalue weighted by Gasteiger charge is 2.44. The van der Waals surface area contributed by atoms with Crippen LogP contribution in [0.5, 0.6) is 0 Å². The van der Waals surface area contributed by atoms with Gasteiger partial charge in [0.1, 0.15) is 0 Å². The fourth-order valence-electron chi connectivity index (χ4n) is 2.77. The first-order valence-corrected chi connectivity index (χ1v) is 9.80. The maximum Gasteiger partial charge on any atom is 0.251 e. The van der Waals surface area contributed by atoms with Crippen molar-refractivity contribution >= 4 is 27.5 Å². The molecule has 0 bridgehead atoms. The molecule has 25 heavy (non-hydrogen) atoms. The highest BCUT2D eigenvalue weighted by molar-refractivity contribution is 7.89. The van der Waals surface area contributed by atoms with Gasteiger partial charge in [0.25, 0.3) is 5.91 Å². The zero-order valence-corrected chi connectivity index (χ0v) is 15.3. The average molecular weight is 379 g/mol. The van der Waals surface area contributed by atoms with E-state index in [4.69, 9.17) is 11.6 Å². The lowest BCUT2D eigenvalue weighted by atomic mass is 9.96. The van der Waals surface area contributed by atoms with Crippen molar-refractivity contribution in [2.45, 2.75) is 23.2 Å². The van der Waals surface area contributed by atoms with Crippen LogP contribution in [0.1, 0.15) is 28.8 Å². The molecule has 0 atom stereocenters. The first-order valence-electron chi connectivity index (χ1n) is 7.94. The summed E-state index contributed by atoms with van der Waals surface area (Å²) in [5.74, 6) is -0.253. The Balaban J connectivity index is 1.71. The third-order valence-electron chi connectivity index (χ3n) is 4.56. The van der Waals surface area contributed by atoms with Crippen molar-refractivity contribution < 1.29 is 13.2 Å². The molecule has 0 saturated heterocycles. The minimum atomic E-state index is -3.63. The molecule has 3 rings (SSSR count). The lowest BCUT2D eigenvalue weighted by Crippen LogP contribution is -2.32. The minimum absolute atomic E-state index is 0.145. The van der Waals surface area contributed by atoms with Gasteiger partial charge in [0, 0.05) is 29.6 Å². The quantitative estimate of drug-likeness (QED) is 0.811. The van der Waals surface area contributed by atoms with E-state index in [0.717, 1.165) is 18.4 Å². The Labute approximate surface area is 152 Å². The summed E-state index contributed by atoms with van der Waals surface area (Å²) in [5, 5.41) is 3.16. The van der Waals surface area contributed by atoms with Crippen molar-refractivity contribution in [2.75, 3.05) is 13.6 Å². The van der Waals surface area contributed by atoms with E-state index in [1.165, 1.54) is 31.3 Å². The van der Waals surface area contributed by atoms with Crippen molar-refractivity contribution in [3.05, 3.63) is 64.7 Å². The van der Waals surface area contributed by atoms with Crippen molar-refractivity contribution in [3.63, 3.8) is 0 Å². The van der Waals surface area contributed by atoms with E-state index in [2.05, 4.69) is 10.0 Å². The Hall–Kier alpha value is -1.89. The maximum absolute atomic E-state index is 12.5. The second kappa shape index (κ2) is 6.78. The third-order valence-corrected chi connectivity index (χ3v) is 6.23. The van der Waals surface area contributed by atoms with E-state index >= 15 is 0 Å². The fraction of sp³-hybridized carbons (Fsp3) is 0.278. The second-order valence-corrected chi connectivity index (χ2v) is 8.42. The summed E-state index contributed by atoms with van der Waals surface area (Å²) in [5.41, 5.74) is 1.36. The molecule has 2 N–H and O–H groups in total. The Morgan fingerprint density at radius 2 is 1.68 bits per heavy atom. The number of sulfonamides is 1. The highest BCUT2D eigenvalue weighted by atomic mass is 35.5. The highest BCUT2D eigenvalue weighted by Crippen LogP contribution is 2.48. The van der Waals surface area contributed by atoms with Gasteiger partial charge in [-0.3, -0.25) is 4.79 Å². The normalized spacial score (nSPS) is 15.6. The van der Waals surface area contributed by atoms with Crippen molar-refractivity contribution in [1.82, 2.24) is 10.0 Å². The predicted molar refractivity (Wildman–Crippen MR) is 97.4 cm³/mol. The molecule has 1 fully saturated rings. The maximum atomic E-state index is 12.5. The summed E-state index contributed by atoms with van der Waals surface area (Å²) in [6, 6.07) is 13.4. The number of halogens is 1. The van der Waals surface area contributed by atoms with Gasteiger partial charge in [0.15, 0.2) is 0 Å². The zero-order valence-electron chi connectivity index (χ0n) is 13.8. The second-order valence-electron chi connectivity index (χ2n) is 6.22. The molecule has 2 aromatic rings. The van der Waals surface area contributed by atoms with Crippen molar-refractivity contribution in [3.8, 4) is 0 Å². The molecule has 0 unspecified atom stereocenters. The van der Waals surface area contributed by atoms with Crippen molar-refractivity contribution in [2.24, 2.45) is 0 Å². The summed E-state index contributed by atoms with van der Waals surface area (Å²) in [7, 11) is -2.10. The van der Waals surface area contributed by atoms with Crippen LogP contribution in [0.3, 0.4) is 0 Å². The summed E-state index contributed by atoms with van der Waals surface area (Å²) < 4.78 is 27.7. The number of amides is 1. The number of hydrogen-bond donors (Lipinski definition) is 2. The average Bonchev–Trinajstić information content (AvgIpc) is 3.41. The minimum Gasteiger partial charge on any atom is -0.355 e. The summed E-state index contributed by atoms with van der Waals surface area (Å²) in [4.78, 5) is 11.7. The smallest absolute Gasteiger partial charge is 0.251 e. The molecule has 0 aliphatic heterocycles. The standard InChI is InChI=1S/C18H19ClN2O3S/c1-20-17(22)13-2-8-16(9-3-13)25(23,24)21-12-18(10-11-18)14-4-6-15(19)7-5-14/h2-9,21H,10-12H2,1H3,(H,20,22). The molecule has 5 nitrogen and oxygen atoms in total. The molecule has 2 aromatic carbocycles. The molecule has 132 valence electrons. The Morgan fingerprint density at radius 1 is 1.08 bits per heavy atom. The van der Waals surface area contributed by atoms with E-state index in [-0.39, 0.29) is 16.2 Å². The van der Waals surface area contributed by atoms with Gasteiger partial charge in [-0.1, -0.05) is 23.7 Å². The predicted octanol–water partition coefficient (Wildman–Crippen LogP) is 2.71. The number of hydrogen-bond acceptors (Lipinski definition) is 3. The summed E-state index contributed by atoms with van der Waals surface area (Å²) >= 11 is 5.92. The van der Waals surface area contributed by atoms with Crippen LogP contribution in [0.15, 0.2) is 53.4 Å². The molecular formula is C18H19ClN2O3S. The molecule has 0 radical (unpaired) electrons. The van der Waals surface area contributed by atoms with E-state index in [1.54, 1.807) is 0 Å². The number of nitrogens with one attached hydrogen (secondary N) is 2. The first-order chi connectivity index (χ1) is 11.9. The number of rotatable bonds is 6. The van der Waals surface area contributed by atoms with Crippen LogP contribution in [0.25, 0.3) is 0 Å². The van der Waals surface area contributed by atoms with Crippen molar-refractivity contribution in [1.29, 1.82) is 0 Å². The molecule has 1 aliphatic carbocycles. The van der Waals surface area contributed by atoms with Gasteiger partial charge < -0.3 is 5.32 Å². The Morgan fingerprint density at radius 3 is 2.20 bits per heavy atom. The Bertz CT molecular complexity index is 874. The molecule has 1 aliphatic rings. The molecule has 0 aromatic heterocycles. The van der Waals surface area contributed by atoms with Gasteiger partial charge >= 0.3 is 0 Å². The third kappa shape index (κ3) is 3.86. The van der Waals surface area contributed by atoms with Gasteiger partial charge in [0.05, 0.1) is 4.90 Å². The van der Waals surface area contributed by atoms with Crippen LogP contribution in [0.2, 0.25) is 5.02 Å². The van der Waals surface area contributed by atoms with Crippen LogP contribution in [-0.2, 0) is 15.4 Å². The molecule has 1 amide bonds. The monoisotopic (exact) mass is 378 g/mol. The van der Waals surface area contributed by atoms with E-state index in [0.29, 0.717) is 17.1 Å². The first kappa shape index (κ1) is 17.9. The molecule has 7 heteroatoms. The van der Waals surface area contributed by atoms with Crippen LogP contribution >= 0.6 is 11.6 Å². The van der Waals surface area contributed by atoms with Gasteiger partial charge in [-0.05, 0) is 54.8 Å². The number of carbonyl (C=O) groups is 1. The molecular weight excluding hydrogens is 360 g/mol. The van der Waals surface area contributed by atoms with Crippen LogP contribution in [-0.4, -0.2) is 27.9 Å². The van der Waals surface area contributed by atoms with E-state index in [1.807, 2.05) is 24.3 Å². The largest absolute Gasteiger partial charge is 0.355 e. The van der Waals surface area contributed by atoms with Gasteiger partial charge in [0.2, 0.25) is 10.0 Å². The molecule has 0 heterocycles. The van der Waals surface area contributed by atoms with Gasteiger partial charge in [-0.25, -0.2) is 13.1 Å². The topological polar surface area (TPSA) is 75.3 Å². The van der Waals surface area contributed by atoms with E-state index < -0.39 is 10.0 Å². The Kier molecular flexibility index (Phi) is 4.86. The molecule has 0 spiro atoms. The number of carbonyl (C=O) groups excluding carboxylic acids is 1.